The van der Waals surface area contributed by atoms with E-state index in [-0.39, 0.29) is 16.1 Å². The molecule has 0 radical (unpaired) electrons. The van der Waals surface area contributed by atoms with Gasteiger partial charge in [0.1, 0.15) is 9.79 Å². The number of anilines is 3. The Labute approximate surface area is 252 Å². The van der Waals surface area contributed by atoms with Gasteiger partial charge in [0.05, 0.1) is 26.7 Å². The number of nitrogen functional groups attached to an aromatic ring is 1. The van der Waals surface area contributed by atoms with Crippen molar-refractivity contribution in [1.82, 2.24) is 0 Å². The van der Waals surface area contributed by atoms with E-state index in [1.54, 1.807) is 6.92 Å². The van der Waals surface area contributed by atoms with E-state index >= 15 is 0 Å². The van der Waals surface area contributed by atoms with Crippen molar-refractivity contribution < 1.29 is 52.1 Å². The molecule has 0 saturated carbocycles. The molecule has 0 atom stereocenters. The fraction of sp³-hybridized carbons (Fsp3) is 0.0800. The van der Waals surface area contributed by atoms with Gasteiger partial charge >= 0.3 is 0 Å². The molecular formula is C25H23N3O12S4. The molecule has 19 heteroatoms. The Morgan fingerprint density at radius 1 is 0.682 bits per heavy atom. The molecule has 0 fully saturated rings. The Morgan fingerprint density at radius 3 is 1.86 bits per heavy atom. The van der Waals surface area contributed by atoms with Crippen LogP contribution in [0.4, 0.5) is 17.1 Å². The predicted octanol–water partition coefficient (Wildman–Crippen LogP) is 2.83. The molecule has 0 bridgehead atoms. The summed E-state index contributed by atoms with van der Waals surface area (Å²) in [5.74, 6) is -1.06. The van der Waals surface area contributed by atoms with Gasteiger partial charge in [0.2, 0.25) is 0 Å². The van der Waals surface area contributed by atoms with E-state index in [0.29, 0.717) is 35.0 Å². The van der Waals surface area contributed by atoms with Crippen LogP contribution in [0.25, 0.3) is 10.8 Å². The molecule has 234 valence electrons. The van der Waals surface area contributed by atoms with Crippen molar-refractivity contribution in [2.75, 3.05) is 15.8 Å². The molecule has 7 N–H and O–H groups in total. The number of nitrogens with two attached hydrogens (primary N) is 1. The van der Waals surface area contributed by atoms with Crippen LogP contribution >= 0.6 is 0 Å². The van der Waals surface area contributed by atoms with Crippen LogP contribution < -0.4 is 15.8 Å². The predicted molar refractivity (Wildman–Crippen MR) is 159 cm³/mol. The van der Waals surface area contributed by atoms with Gasteiger partial charge in [-0.25, -0.2) is 8.42 Å². The second-order valence-electron chi connectivity index (χ2n) is 9.51. The van der Waals surface area contributed by atoms with E-state index in [0.717, 1.165) is 6.07 Å². The lowest BCUT2D eigenvalue weighted by atomic mass is 10.1. The minimum Gasteiger partial charge on any atom is -0.399 e. The maximum atomic E-state index is 13.5. The summed E-state index contributed by atoms with van der Waals surface area (Å²) < 4.78 is 130. The third-order valence-corrected chi connectivity index (χ3v) is 10.4. The lowest BCUT2D eigenvalue weighted by molar-refractivity contribution is 0.102. The number of fused-ring (bicyclic) bond motifs is 1. The summed E-state index contributed by atoms with van der Waals surface area (Å²) in [5.41, 5.74) is 5.86. The first kappa shape index (κ1) is 32.8. The Balaban J connectivity index is 1.92. The van der Waals surface area contributed by atoms with Gasteiger partial charge in [-0.15, -0.1) is 0 Å². The molecule has 0 aliphatic heterocycles. The van der Waals surface area contributed by atoms with Gasteiger partial charge in [-0.05, 0) is 79.6 Å². The first-order chi connectivity index (χ1) is 20.1. The van der Waals surface area contributed by atoms with Gasteiger partial charge < -0.3 is 11.1 Å². The van der Waals surface area contributed by atoms with Crippen molar-refractivity contribution in [2.24, 2.45) is 0 Å². The number of hydrogen-bond acceptors (Lipinski definition) is 10. The van der Waals surface area contributed by atoms with Gasteiger partial charge in [0.25, 0.3) is 46.3 Å². The summed E-state index contributed by atoms with van der Waals surface area (Å²) in [6.07, 6.45) is 0. The van der Waals surface area contributed by atoms with Crippen molar-refractivity contribution in [1.29, 1.82) is 0 Å². The lowest BCUT2D eigenvalue weighted by Gasteiger charge is -2.17. The number of sulfonamides is 1. The van der Waals surface area contributed by atoms with Crippen molar-refractivity contribution >= 4 is 74.1 Å². The summed E-state index contributed by atoms with van der Waals surface area (Å²) in [6, 6.07) is 10.5. The van der Waals surface area contributed by atoms with Crippen LogP contribution in [0, 0.1) is 13.8 Å². The van der Waals surface area contributed by atoms with E-state index in [9.17, 15) is 52.1 Å². The van der Waals surface area contributed by atoms with Gasteiger partial charge in [0, 0.05) is 16.5 Å². The first-order valence-corrected chi connectivity index (χ1v) is 17.7. The van der Waals surface area contributed by atoms with E-state index in [1.807, 2.05) is 0 Å². The largest absolute Gasteiger partial charge is 0.399 e. The van der Waals surface area contributed by atoms with Crippen LogP contribution in [0.1, 0.15) is 21.5 Å². The number of nitrogens with one attached hydrogen (secondary N) is 2. The van der Waals surface area contributed by atoms with Crippen LogP contribution in [-0.2, 0) is 40.4 Å². The Hall–Kier alpha value is -4.11. The second kappa shape index (κ2) is 11.1. The summed E-state index contributed by atoms with van der Waals surface area (Å²) in [7, 11) is -20.0. The molecule has 0 saturated heterocycles. The minimum atomic E-state index is -5.38. The molecule has 44 heavy (non-hydrogen) atoms. The third kappa shape index (κ3) is 6.68. The summed E-state index contributed by atoms with van der Waals surface area (Å²) >= 11 is 0. The molecule has 0 aliphatic rings. The molecule has 0 aromatic heterocycles. The topological polar surface area (TPSA) is 264 Å². The average Bonchev–Trinajstić information content (AvgIpc) is 2.85. The van der Waals surface area contributed by atoms with Gasteiger partial charge in [0.15, 0.2) is 0 Å². The van der Waals surface area contributed by atoms with E-state index in [2.05, 4.69) is 10.0 Å². The van der Waals surface area contributed by atoms with Crippen molar-refractivity contribution in [3.8, 4) is 0 Å². The number of hydrogen-bond donors (Lipinski definition) is 6. The minimum absolute atomic E-state index is 0.140. The molecule has 0 heterocycles. The highest BCUT2D eigenvalue weighted by Crippen LogP contribution is 2.37. The maximum Gasteiger partial charge on any atom is 0.295 e. The fourth-order valence-corrected chi connectivity index (χ4v) is 7.72. The highest BCUT2D eigenvalue weighted by Gasteiger charge is 2.28. The zero-order valence-corrected chi connectivity index (χ0v) is 25.8. The van der Waals surface area contributed by atoms with Crippen molar-refractivity contribution in [3.05, 3.63) is 77.4 Å². The number of amides is 1. The number of carbonyl (C=O) groups is 1. The number of aryl methyl sites for hydroxylation is 2. The fourth-order valence-electron chi connectivity index (χ4n) is 4.38. The standard InChI is InChI=1S/C25H23N3O12S4/c1-13-3-5-17(20(9-13)28-41(30,31)21-7-4-15(26)10-14(21)2)25(29)27-19-6-8-22(43(35,36)37)18-11-16(42(32,33)34)12-23(24(18)19)44(38,39)40/h3-12,28H,26H2,1-2H3,(H,27,29)(H,32,33,34)(H,35,36,37)(H,38,39,40). The third-order valence-electron chi connectivity index (χ3n) is 6.27. The van der Waals surface area contributed by atoms with Crippen molar-refractivity contribution in [2.45, 2.75) is 33.4 Å². The van der Waals surface area contributed by atoms with E-state index in [1.165, 1.54) is 43.3 Å². The summed E-state index contributed by atoms with van der Waals surface area (Å²) in [5, 5.41) is 0.737. The molecular weight excluding hydrogens is 663 g/mol. The monoisotopic (exact) mass is 685 g/mol. The van der Waals surface area contributed by atoms with Gasteiger partial charge in [-0.2, -0.15) is 25.3 Å². The molecule has 15 nitrogen and oxygen atoms in total. The number of carbonyl (C=O) groups excluding carboxylic acids is 1. The summed E-state index contributed by atoms with van der Waals surface area (Å²) in [6.45, 7) is 3.12. The second-order valence-corrected chi connectivity index (χ2v) is 15.4. The molecule has 0 spiro atoms. The molecule has 0 aliphatic carbocycles. The van der Waals surface area contributed by atoms with Gasteiger partial charge in [-0.3, -0.25) is 23.2 Å². The maximum absolute atomic E-state index is 13.5. The van der Waals surface area contributed by atoms with Crippen LogP contribution in [0.15, 0.2) is 80.2 Å². The number of rotatable bonds is 8. The summed E-state index contributed by atoms with van der Waals surface area (Å²) in [4.78, 5) is 9.95. The average molecular weight is 686 g/mol. The SMILES string of the molecule is Cc1ccc(C(=O)Nc2ccc(S(=O)(=O)O)c3cc(S(=O)(=O)O)cc(S(=O)(=O)O)c23)c(NS(=O)(=O)c2ccc(N)cc2C)c1. The number of benzene rings is 4. The van der Waals surface area contributed by atoms with Gasteiger partial charge in [-0.1, -0.05) is 6.07 Å². The smallest absolute Gasteiger partial charge is 0.295 e. The molecule has 1 amide bonds. The first-order valence-electron chi connectivity index (χ1n) is 11.9. The lowest BCUT2D eigenvalue weighted by Crippen LogP contribution is -2.20. The van der Waals surface area contributed by atoms with Crippen molar-refractivity contribution in [3.63, 3.8) is 0 Å². The molecule has 4 rings (SSSR count). The highest BCUT2D eigenvalue weighted by molar-refractivity contribution is 7.92. The Morgan fingerprint density at radius 2 is 1.30 bits per heavy atom. The quantitative estimate of drug-likeness (QED) is 0.115. The van der Waals surface area contributed by atoms with Crippen LogP contribution in [0.3, 0.4) is 0 Å². The molecule has 4 aromatic carbocycles. The zero-order chi connectivity index (χ0) is 33.0. The highest BCUT2D eigenvalue weighted by atomic mass is 32.2. The van der Waals surface area contributed by atoms with E-state index < -0.39 is 77.4 Å². The Kier molecular flexibility index (Phi) is 8.28. The normalized spacial score (nSPS) is 12.7. The van der Waals surface area contributed by atoms with E-state index in [4.69, 9.17) is 5.73 Å². The van der Waals surface area contributed by atoms with Crippen LogP contribution in [0.2, 0.25) is 0 Å². The molecule has 4 aromatic rings. The van der Waals surface area contributed by atoms with Crippen LogP contribution in [-0.4, -0.2) is 53.2 Å². The van der Waals surface area contributed by atoms with Crippen LogP contribution in [0.5, 0.6) is 0 Å². The zero-order valence-electron chi connectivity index (χ0n) is 22.5. The Bertz CT molecular complexity index is 2320. The molecule has 0 unspecified atom stereocenters.